The van der Waals surface area contributed by atoms with Gasteiger partial charge in [-0.05, 0) is 19.3 Å². The number of anilines is 1. The lowest BCUT2D eigenvalue weighted by molar-refractivity contribution is -0.0646. The molecule has 0 aromatic carbocycles. The Kier molecular flexibility index (Phi) is 7.04. The zero-order valence-electron chi connectivity index (χ0n) is 24.3. The van der Waals surface area contributed by atoms with E-state index in [2.05, 4.69) is 29.9 Å². The molecular formula is C24H29N9O12P2. The second-order valence-corrected chi connectivity index (χ2v) is 14.8. The number of hydrogen-bond donors (Lipinski definition) is 6. The molecule has 47 heavy (non-hydrogen) atoms. The number of nitrogens with one attached hydrogen (secondary N) is 1. The average molecular weight is 697 g/mol. The van der Waals surface area contributed by atoms with Crippen molar-refractivity contribution in [2.45, 2.75) is 49.5 Å². The van der Waals surface area contributed by atoms with Crippen molar-refractivity contribution in [2.24, 2.45) is 17.8 Å². The number of fused-ring (bicyclic) bond motifs is 7. The molecule has 3 unspecified atom stereocenters. The van der Waals surface area contributed by atoms with E-state index in [0.29, 0.717) is 12.1 Å². The fraction of sp³-hybridized carbons (Fsp3) is 0.583. The standard InChI is InChI=1S/C24H29N9O12P2/c1-9-30-21-15(22(36)31-9)28-7-32(21)23-17-10(3-34)13(43-23)5-42-47(39,40)44-16-11(4-41-46(37,38)45-17)12-2-24(12,18(16)35)33-8-29-14-19(25)26-6-27-20(14)33/h6-8,10-13,16-18,23,34-35H,2-5H2,1H3,(H,37,38)(H,39,40)(H2,25,26,27)(H,30,31,36)/t10-,11+,12+,13-,16-,17-,18-,23-,24?/m1/s1. The number of nitrogens with zero attached hydrogens (tertiary/aromatic N) is 7. The van der Waals surface area contributed by atoms with Gasteiger partial charge >= 0.3 is 15.6 Å². The fourth-order valence-electron chi connectivity index (χ4n) is 7.28. The van der Waals surface area contributed by atoms with Gasteiger partial charge in [-0.2, -0.15) is 0 Å². The van der Waals surface area contributed by atoms with E-state index in [0.717, 1.165) is 0 Å². The minimum atomic E-state index is -4.98. The van der Waals surface area contributed by atoms with Crippen LogP contribution in [0.2, 0.25) is 0 Å². The van der Waals surface area contributed by atoms with Gasteiger partial charge in [-0.3, -0.25) is 27.5 Å². The highest BCUT2D eigenvalue weighted by molar-refractivity contribution is 7.47. The number of imidazole rings is 2. The summed E-state index contributed by atoms with van der Waals surface area (Å²) >= 11 is 0. The molecule has 0 amide bonds. The summed E-state index contributed by atoms with van der Waals surface area (Å²) in [7, 11) is -9.94. The molecule has 8 rings (SSSR count). The number of H-pyrrole nitrogens is 1. The topological polar surface area (TPSA) is 294 Å². The minimum Gasteiger partial charge on any atom is -0.396 e. The number of ether oxygens (including phenoxy) is 1. The van der Waals surface area contributed by atoms with Crippen molar-refractivity contribution in [2.75, 3.05) is 25.6 Å². The molecule has 2 saturated heterocycles. The first-order valence-corrected chi connectivity index (χ1v) is 17.5. The molecule has 4 fully saturated rings. The second-order valence-electron chi connectivity index (χ2n) is 12.0. The molecule has 2 aliphatic heterocycles. The van der Waals surface area contributed by atoms with E-state index < -0.39 is 95.0 Å². The van der Waals surface area contributed by atoms with Crippen molar-refractivity contribution >= 4 is 43.8 Å². The molecule has 21 nitrogen and oxygen atoms in total. The number of aliphatic hydroxyl groups is 2. The molecule has 0 radical (unpaired) electrons. The maximum atomic E-state index is 13.5. The van der Waals surface area contributed by atoms with Crippen LogP contribution in [0.15, 0.2) is 23.8 Å². The van der Waals surface area contributed by atoms with Crippen molar-refractivity contribution in [1.29, 1.82) is 0 Å². The predicted molar refractivity (Wildman–Crippen MR) is 154 cm³/mol. The molecule has 7 N–H and O–H groups in total. The van der Waals surface area contributed by atoms with Crippen LogP contribution in [-0.4, -0.2) is 103 Å². The molecule has 4 aliphatic rings. The number of aryl methyl sites for hydroxylation is 1. The summed E-state index contributed by atoms with van der Waals surface area (Å²) in [4.78, 5) is 57.6. The normalized spacial score (nSPS) is 40.4. The van der Waals surface area contributed by atoms with Gasteiger partial charge in [0.1, 0.15) is 36.0 Å². The van der Waals surface area contributed by atoms with Crippen molar-refractivity contribution in [3.8, 4) is 0 Å². The minimum absolute atomic E-state index is 0.0529. The molecule has 252 valence electrons. The van der Waals surface area contributed by atoms with Crippen LogP contribution in [0.25, 0.3) is 22.3 Å². The molecule has 4 aromatic heterocycles. The quantitative estimate of drug-likeness (QED) is 0.141. The number of phosphoric acid groups is 2. The van der Waals surface area contributed by atoms with Gasteiger partial charge in [-0.25, -0.2) is 34.0 Å². The van der Waals surface area contributed by atoms with Gasteiger partial charge in [0.2, 0.25) is 0 Å². The number of nitrogens with two attached hydrogens (primary N) is 1. The first-order valence-electron chi connectivity index (χ1n) is 14.5. The van der Waals surface area contributed by atoms with Crippen LogP contribution < -0.4 is 11.3 Å². The first-order chi connectivity index (χ1) is 22.3. The molecule has 2 saturated carbocycles. The summed E-state index contributed by atoms with van der Waals surface area (Å²) < 4.78 is 57.8. The summed E-state index contributed by atoms with van der Waals surface area (Å²) in [5.41, 5.74) is 4.87. The number of nitrogen functional groups attached to an aromatic ring is 1. The van der Waals surface area contributed by atoms with Crippen LogP contribution in [-0.2, 0) is 37.5 Å². The molecular weight excluding hydrogens is 668 g/mol. The number of aromatic amines is 1. The Morgan fingerprint density at radius 3 is 2.53 bits per heavy atom. The Hall–Kier alpha value is -3.20. The van der Waals surface area contributed by atoms with Crippen molar-refractivity contribution in [3.63, 3.8) is 0 Å². The fourth-order valence-corrected chi connectivity index (χ4v) is 9.25. The van der Waals surface area contributed by atoms with Gasteiger partial charge in [0, 0.05) is 11.8 Å². The number of aromatic nitrogens is 8. The third kappa shape index (κ3) is 4.80. The van der Waals surface area contributed by atoms with E-state index in [4.69, 9.17) is 28.6 Å². The Balaban J connectivity index is 1.15. The zero-order valence-corrected chi connectivity index (χ0v) is 26.1. The van der Waals surface area contributed by atoms with Crippen LogP contribution in [0.1, 0.15) is 18.5 Å². The van der Waals surface area contributed by atoms with E-state index in [9.17, 15) is 33.9 Å². The van der Waals surface area contributed by atoms with Gasteiger partial charge in [-0.15, -0.1) is 0 Å². The van der Waals surface area contributed by atoms with E-state index in [-0.39, 0.29) is 28.3 Å². The highest BCUT2D eigenvalue weighted by atomic mass is 31.2. The zero-order chi connectivity index (χ0) is 33.0. The SMILES string of the molecule is Cc1nc2c(ncn2[C@@H]2O[C@@H]3COP(=O)(O)O[C@@H]4[C@@H](COP(=O)(O)O[C@@H]2[C@@H]3CO)[C@@H]2CC2(n2cnc3c(N)ncnc32)[C@@H]4O)c(=O)[nH]1. The van der Waals surface area contributed by atoms with Gasteiger partial charge in [-0.1, -0.05) is 0 Å². The Bertz CT molecular complexity index is 2060. The van der Waals surface area contributed by atoms with Crippen molar-refractivity contribution in [3.05, 3.63) is 35.2 Å². The van der Waals surface area contributed by atoms with Crippen LogP contribution in [0.3, 0.4) is 0 Å². The van der Waals surface area contributed by atoms with Crippen molar-refractivity contribution in [1.82, 2.24) is 39.0 Å². The van der Waals surface area contributed by atoms with E-state index in [1.165, 1.54) is 23.5 Å². The monoisotopic (exact) mass is 697 g/mol. The Morgan fingerprint density at radius 1 is 1.04 bits per heavy atom. The number of hydrogen-bond acceptors (Lipinski definition) is 16. The average Bonchev–Trinajstić information content (AvgIpc) is 3.30. The van der Waals surface area contributed by atoms with Gasteiger partial charge < -0.3 is 40.0 Å². The van der Waals surface area contributed by atoms with Gasteiger partial charge in [0.15, 0.2) is 28.9 Å². The number of rotatable bonds is 3. The van der Waals surface area contributed by atoms with E-state index >= 15 is 0 Å². The third-order valence-corrected chi connectivity index (χ3v) is 11.4. The molecule has 11 atom stereocenters. The summed E-state index contributed by atoms with van der Waals surface area (Å²) in [5.74, 6) is -2.15. The van der Waals surface area contributed by atoms with E-state index in [1.54, 1.807) is 11.5 Å². The van der Waals surface area contributed by atoms with Crippen molar-refractivity contribution < 1.29 is 52.0 Å². The Morgan fingerprint density at radius 2 is 1.77 bits per heavy atom. The molecule has 6 heterocycles. The maximum absolute atomic E-state index is 13.5. The number of phosphoric ester groups is 2. The maximum Gasteiger partial charge on any atom is 0.472 e. The Labute approximate surface area is 262 Å². The van der Waals surface area contributed by atoms with Crippen LogP contribution >= 0.6 is 15.6 Å². The van der Waals surface area contributed by atoms with E-state index in [1.807, 2.05) is 0 Å². The lowest BCUT2D eigenvalue weighted by atomic mass is 9.99. The highest BCUT2D eigenvalue weighted by Crippen LogP contribution is 2.68. The summed E-state index contributed by atoms with van der Waals surface area (Å²) in [6.07, 6.45) is -2.61. The van der Waals surface area contributed by atoms with Crippen LogP contribution in [0.5, 0.6) is 0 Å². The van der Waals surface area contributed by atoms with Gasteiger partial charge in [0.05, 0.1) is 44.1 Å². The highest BCUT2D eigenvalue weighted by Gasteiger charge is 2.74. The molecule has 2 bridgehead atoms. The summed E-state index contributed by atoms with van der Waals surface area (Å²) in [5, 5.41) is 21.9. The predicted octanol–water partition coefficient (Wildman–Crippen LogP) is -0.920. The largest absolute Gasteiger partial charge is 0.472 e. The second kappa shape index (κ2) is 10.6. The molecule has 4 aromatic rings. The molecule has 23 heteroatoms. The van der Waals surface area contributed by atoms with Crippen LogP contribution in [0.4, 0.5) is 5.82 Å². The van der Waals surface area contributed by atoms with Gasteiger partial charge in [0.25, 0.3) is 5.56 Å². The third-order valence-electron chi connectivity index (χ3n) is 9.47. The number of aliphatic hydroxyl groups excluding tert-OH is 2. The summed E-state index contributed by atoms with van der Waals surface area (Å²) in [6.45, 7) is -0.327. The molecule has 2 aliphatic carbocycles. The van der Waals surface area contributed by atoms with Crippen LogP contribution in [0, 0.1) is 24.7 Å². The lowest BCUT2D eigenvalue weighted by Crippen LogP contribution is -2.40. The lowest BCUT2D eigenvalue weighted by Gasteiger charge is -2.30. The smallest absolute Gasteiger partial charge is 0.396 e. The first kappa shape index (κ1) is 31.1. The summed E-state index contributed by atoms with van der Waals surface area (Å²) in [6, 6.07) is 0. The molecule has 0 spiro atoms.